The number of nitrogens with zero attached hydrogens (tertiary/aromatic N) is 4. The summed E-state index contributed by atoms with van der Waals surface area (Å²) in [4.78, 5) is 27.3. The van der Waals surface area contributed by atoms with Gasteiger partial charge in [-0.05, 0) is 41.1 Å². The Hall–Kier alpha value is -1.73. The van der Waals surface area contributed by atoms with Crippen LogP contribution in [0.5, 0.6) is 0 Å². The molecule has 132 valence electrons. The summed E-state index contributed by atoms with van der Waals surface area (Å²) in [5, 5.41) is 8.96. The second kappa shape index (κ2) is 5.92. The highest BCUT2D eigenvalue weighted by molar-refractivity contribution is 7.07. The van der Waals surface area contributed by atoms with Gasteiger partial charge in [0.15, 0.2) is 0 Å². The van der Waals surface area contributed by atoms with Crippen LogP contribution in [0, 0.1) is 11.8 Å². The quantitative estimate of drug-likeness (QED) is 0.777. The molecule has 0 unspecified atom stereocenters. The summed E-state index contributed by atoms with van der Waals surface area (Å²) < 4.78 is 3.11. The predicted molar refractivity (Wildman–Crippen MR) is 95.9 cm³/mol. The van der Waals surface area contributed by atoms with Crippen LogP contribution >= 0.6 is 11.3 Å². The van der Waals surface area contributed by atoms with Crippen LogP contribution in [-0.2, 0) is 19.6 Å². The van der Waals surface area contributed by atoms with Gasteiger partial charge in [-0.3, -0.25) is 19.1 Å². The van der Waals surface area contributed by atoms with Crippen LogP contribution in [0.4, 0.5) is 0 Å². The summed E-state index contributed by atoms with van der Waals surface area (Å²) in [5.74, 6) is 2.03. The van der Waals surface area contributed by atoms with Crippen molar-refractivity contribution in [2.75, 3.05) is 13.1 Å². The molecule has 0 amide bonds. The largest absolute Gasteiger partial charge is 0.332 e. The minimum Gasteiger partial charge on any atom is -0.298 e. The number of fused-ring (bicyclic) bond motifs is 3. The molecule has 6 nitrogen and oxygen atoms in total. The van der Waals surface area contributed by atoms with Crippen LogP contribution in [0.3, 0.4) is 0 Å². The number of likely N-dealkylation sites (tertiary alicyclic amines) is 1. The van der Waals surface area contributed by atoms with E-state index in [1.54, 1.807) is 15.9 Å². The molecular formula is C18H22N4O2S. The smallest absolute Gasteiger partial charge is 0.298 e. The van der Waals surface area contributed by atoms with Gasteiger partial charge in [-0.25, -0.2) is 4.68 Å². The molecule has 1 aliphatic carbocycles. The highest BCUT2D eigenvalue weighted by Crippen LogP contribution is 2.37. The van der Waals surface area contributed by atoms with Crippen molar-refractivity contribution < 1.29 is 0 Å². The second-order valence-corrected chi connectivity index (χ2v) is 8.53. The first-order valence-electron chi connectivity index (χ1n) is 9.14. The highest BCUT2D eigenvalue weighted by Gasteiger charge is 2.42. The molecule has 4 heterocycles. The molecule has 7 heteroatoms. The summed E-state index contributed by atoms with van der Waals surface area (Å²) in [5.41, 5.74) is 0.541. The van der Waals surface area contributed by atoms with Crippen molar-refractivity contribution in [3.63, 3.8) is 0 Å². The van der Waals surface area contributed by atoms with E-state index in [-0.39, 0.29) is 11.5 Å². The van der Waals surface area contributed by atoms with E-state index in [2.05, 4.69) is 26.8 Å². The van der Waals surface area contributed by atoms with E-state index in [4.69, 9.17) is 0 Å². The average Bonchev–Trinajstić information content (AvgIpc) is 3.25. The van der Waals surface area contributed by atoms with E-state index in [9.17, 15) is 9.59 Å². The van der Waals surface area contributed by atoms with Crippen molar-refractivity contribution in [2.45, 2.75) is 44.8 Å². The first kappa shape index (κ1) is 15.5. The Bertz CT molecular complexity index is 897. The van der Waals surface area contributed by atoms with Crippen LogP contribution in [0.1, 0.15) is 36.6 Å². The fraction of sp³-hybridized carbons (Fsp3) is 0.611. The zero-order valence-corrected chi connectivity index (χ0v) is 15.0. The standard InChI is InChI=1S/C18H22N4O2S/c23-17-18(24)22(7-12-2-1-3-12)19-16-15-10-20(6-13-4-5-25-11-13)8-14(15)9-21(16)17/h4-5,11-12,14-15H,1-3,6-10H2/t14-,15-/m0/s1. The Morgan fingerprint density at radius 1 is 1.16 bits per heavy atom. The number of hydrogen-bond donors (Lipinski definition) is 0. The van der Waals surface area contributed by atoms with E-state index < -0.39 is 5.56 Å². The number of thiophene rings is 1. The Labute approximate surface area is 149 Å². The topological polar surface area (TPSA) is 60.1 Å². The fourth-order valence-electron chi connectivity index (χ4n) is 4.49. The first-order valence-corrected chi connectivity index (χ1v) is 10.1. The van der Waals surface area contributed by atoms with Gasteiger partial charge in [0.05, 0.1) is 0 Å². The van der Waals surface area contributed by atoms with E-state index in [1.165, 1.54) is 16.7 Å². The number of rotatable bonds is 4. The zero-order valence-electron chi connectivity index (χ0n) is 14.1. The predicted octanol–water partition coefficient (Wildman–Crippen LogP) is 1.50. The minimum atomic E-state index is -0.439. The normalized spacial score (nSPS) is 25.8. The van der Waals surface area contributed by atoms with Gasteiger partial charge in [0.25, 0.3) is 0 Å². The lowest BCUT2D eigenvalue weighted by Crippen LogP contribution is -2.45. The van der Waals surface area contributed by atoms with Crippen molar-refractivity contribution in [1.29, 1.82) is 0 Å². The molecular weight excluding hydrogens is 336 g/mol. The molecule has 2 fully saturated rings. The maximum Gasteiger partial charge on any atom is 0.332 e. The van der Waals surface area contributed by atoms with Crippen molar-refractivity contribution in [3.8, 4) is 0 Å². The Morgan fingerprint density at radius 3 is 2.76 bits per heavy atom. The Morgan fingerprint density at radius 2 is 2.04 bits per heavy atom. The molecule has 0 spiro atoms. The molecule has 0 radical (unpaired) electrons. The van der Waals surface area contributed by atoms with Crippen molar-refractivity contribution in [1.82, 2.24) is 19.2 Å². The molecule has 25 heavy (non-hydrogen) atoms. The number of aromatic nitrogens is 3. The van der Waals surface area contributed by atoms with Gasteiger partial charge in [-0.2, -0.15) is 16.4 Å². The van der Waals surface area contributed by atoms with Gasteiger partial charge in [0.2, 0.25) is 0 Å². The molecule has 1 saturated heterocycles. The molecule has 0 aromatic carbocycles. The van der Waals surface area contributed by atoms with Crippen molar-refractivity contribution >= 4 is 11.3 Å². The third-order valence-corrected chi connectivity index (χ3v) is 6.80. The van der Waals surface area contributed by atoms with Crippen molar-refractivity contribution in [3.05, 3.63) is 48.9 Å². The third-order valence-electron chi connectivity index (χ3n) is 6.07. The van der Waals surface area contributed by atoms with E-state index in [1.807, 2.05) is 0 Å². The van der Waals surface area contributed by atoms with Gasteiger partial charge in [0, 0.05) is 44.6 Å². The molecule has 1 saturated carbocycles. The molecule has 0 N–H and O–H groups in total. The van der Waals surface area contributed by atoms with Crippen LogP contribution in [0.2, 0.25) is 0 Å². The van der Waals surface area contributed by atoms with Gasteiger partial charge in [0.1, 0.15) is 5.82 Å². The lowest BCUT2D eigenvalue weighted by atomic mass is 9.85. The van der Waals surface area contributed by atoms with Gasteiger partial charge in [-0.1, -0.05) is 6.42 Å². The molecule has 2 aliphatic heterocycles. The summed E-state index contributed by atoms with van der Waals surface area (Å²) in [7, 11) is 0. The van der Waals surface area contributed by atoms with Gasteiger partial charge >= 0.3 is 11.1 Å². The minimum absolute atomic E-state index is 0.277. The van der Waals surface area contributed by atoms with E-state index in [0.717, 1.165) is 38.3 Å². The van der Waals surface area contributed by atoms with Crippen LogP contribution in [0.15, 0.2) is 26.4 Å². The summed E-state index contributed by atoms with van der Waals surface area (Å²) >= 11 is 1.73. The number of hydrogen-bond acceptors (Lipinski definition) is 5. The summed E-state index contributed by atoms with van der Waals surface area (Å²) in [6.07, 6.45) is 3.52. The lowest BCUT2D eigenvalue weighted by Gasteiger charge is -2.25. The molecule has 3 aliphatic rings. The zero-order chi connectivity index (χ0) is 17.0. The maximum atomic E-state index is 12.5. The van der Waals surface area contributed by atoms with Gasteiger partial charge in [-0.15, -0.1) is 0 Å². The molecule has 5 rings (SSSR count). The Balaban J connectivity index is 1.41. The SMILES string of the molecule is O=c1c(=O)n2c(nn1CC1CCC1)[C@H]1CN(Cc3ccsc3)C[C@H]1C2. The first-order chi connectivity index (χ1) is 12.2. The summed E-state index contributed by atoms with van der Waals surface area (Å²) in [6.45, 7) is 4.11. The molecule has 2 aromatic heterocycles. The summed E-state index contributed by atoms with van der Waals surface area (Å²) in [6, 6.07) is 2.17. The second-order valence-electron chi connectivity index (χ2n) is 7.75. The molecule has 0 bridgehead atoms. The molecule has 2 atom stereocenters. The van der Waals surface area contributed by atoms with Crippen LogP contribution < -0.4 is 11.1 Å². The lowest BCUT2D eigenvalue weighted by molar-refractivity contribution is 0.256. The average molecular weight is 358 g/mol. The molecule has 2 aromatic rings. The van der Waals surface area contributed by atoms with E-state index in [0.29, 0.717) is 24.9 Å². The fourth-order valence-corrected chi connectivity index (χ4v) is 5.15. The monoisotopic (exact) mass is 358 g/mol. The van der Waals surface area contributed by atoms with Gasteiger partial charge < -0.3 is 0 Å². The highest BCUT2D eigenvalue weighted by atomic mass is 32.1. The maximum absolute atomic E-state index is 12.5. The third kappa shape index (κ3) is 2.60. The van der Waals surface area contributed by atoms with Crippen molar-refractivity contribution in [2.24, 2.45) is 11.8 Å². The van der Waals surface area contributed by atoms with Crippen LogP contribution in [-0.4, -0.2) is 32.3 Å². The Kier molecular flexibility index (Phi) is 3.67. The van der Waals surface area contributed by atoms with E-state index >= 15 is 0 Å². The van der Waals surface area contributed by atoms with Crippen LogP contribution in [0.25, 0.3) is 0 Å².